The number of hydrogen-bond acceptors (Lipinski definition) is 3. The second-order valence-electron chi connectivity index (χ2n) is 9.16. The van der Waals surface area contributed by atoms with Gasteiger partial charge in [-0.1, -0.05) is 57.1 Å². The van der Waals surface area contributed by atoms with Crippen molar-refractivity contribution in [3.05, 3.63) is 65.0 Å². The summed E-state index contributed by atoms with van der Waals surface area (Å²) in [5, 5.41) is 21.9. The molecular formula is C24H30FNO3. The van der Waals surface area contributed by atoms with E-state index in [0.29, 0.717) is 5.71 Å². The Morgan fingerprint density at radius 3 is 2.38 bits per heavy atom. The van der Waals surface area contributed by atoms with Crippen LogP contribution in [-0.4, -0.2) is 22.0 Å². The fourth-order valence-electron chi connectivity index (χ4n) is 3.18. The summed E-state index contributed by atoms with van der Waals surface area (Å²) < 4.78 is 14.2. The first kappa shape index (κ1) is 22.6. The summed E-state index contributed by atoms with van der Waals surface area (Å²) in [7, 11) is 0. The molecule has 0 saturated carbocycles. The molecule has 0 atom stereocenters. The number of aromatic carboxylic acids is 1. The summed E-state index contributed by atoms with van der Waals surface area (Å²) in [5.74, 6) is -1.82. The molecule has 0 radical (unpaired) electrons. The van der Waals surface area contributed by atoms with Gasteiger partial charge in [-0.25, -0.2) is 9.18 Å². The normalized spacial score (nSPS) is 22.7. The smallest absolute Gasteiger partial charge is 0.335 e. The molecule has 0 amide bonds. The Morgan fingerprint density at radius 1 is 1.14 bits per heavy atom. The number of oxime groups is 1. The number of benzene rings is 1. The van der Waals surface area contributed by atoms with Gasteiger partial charge >= 0.3 is 5.97 Å². The lowest BCUT2D eigenvalue weighted by Crippen LogP contribution is -2.18. The minimum atomic E-state index is -1.18. The quantitative estimate of drug-likeness (QED) is 0.346. The van der Waals surface area contributed by atoms with Gasteiger partial charge in [-0.05, 0) is 66.4 Å². The number of halogens is 1. The molecule has 5 heteroatoms. The van der Waals surface area contributed by atoms with E-state index in [1.807, 2.05) is 6.08 Å². The average molecular weight is 400 g/mol. The molecule has 1 aromatic carbocycles. The van der Waals surface area contributed by atoms with Crippen molar-refractivity contribution in [2.45, 2.75) is 53.4 Å². The number of carboxylic acid groups (broad SMARTS) is 1. The summed E-state index contributed by atoms with van der Waals surface area (Å²) in [4.78, 5) is 10.9. The second kappa shape index (κ2) is 9.21. The monoisotopic (exact) mass is 399 g/mol. The van der Waals surface area contributed by atoms with Crippen molar-refractivity contribution in [3.63, 3.8) is 0 Å². The molecule has 156 valence electrons. The zero-order valence-corrected chi connectivity index (χ0v) is 17.6. The number of hydrogen-bond donors (Lipinski definition) is 2. The highest BCUT2D eigenvalue weighted by Crippen LogP contribution is 2.37. The maximum absolute atomic E-state index is 14.2. The summed E-state index contributed by atoms with van der Waals surface area (Å²) >= 11 is 0. The van der Waals surface area contributed by atoms with Gasteiger partial charge < -0.3 is 10.3 Å². The van der Waals surface area contributed by atoms with Gasteiger partial charge in [-0.15, -0.1) is 0 Å². The zero-order valence-electron chi connectivity index (χ0n) is 17.6. The fourth-order valence-corrected chi connectivity index (χ4v) is 3.18. The molecule has 0 unspecified atom stereocenters. The summed E-state index contributed by atoms with van der Waals surface area (Å²) in [6.45, 7) is 8.97. The molecule has 0 aliphatic heterocycles. The van der Waals surface area contributed by atoms with Crippen molar-refractivity contribution < 1.29 is 19.5 Å². The van der Waals surface area contributed by atoms with E-state index in [4.69, 9.17) is 5.11 Å². The Labute approximate surface area is 172 Å². The van der Waals surface area contributed by atoms with Gasteiger partial charge in [-0.2, -0.15) is 0 Å². The Bertz CT molecular complexity index is 876. The third kappa shape index (κ3) is 6.70. The molecular weight excluding hydrogens is 369 g/mol. The predicted octanol–water partition coefficient (Wildman–Crippen LogP) is 6.48. The van der Waals surface area contributed by atoms with Crippen LogP contribution in [-0.2, 0) is 0 Å². The van der Waals surface area contributed by atoms with Gasteiger partial charge in [0.1, 0.15) is 11.5 Å². The number of carbonyl (C=O) groups is 1. The van der Waals surface area contributed by atoms with Gasteiger partial charge in [0.05, 0.1) is 5.56 Å². The molecule has 0 saturated heterocycles. The average Bonchev–Trinajstić information content (AvgIpc) is 2.64. The van der Waals surface area contributed by atoms with Crippen LogP contribution in [0.5, 0.6) is 0 Å². The van der Waals surface area contributed by atoms with Crippen molar-refractivity contribution in [1.82, 2.24) is 0 Å². The summed E-state index contributed by atoms with van der Waals surface area (Å²) in [6, 6.07) is 3.71. The first-order valence-corrected chi connectivity index (χ1v) is 9.83. The highest BCUT2D eigenvalue weighted by atomic mass is 19.1. The summed E-state index contributed by atoms with van der Waals surface area (Å²) in [5.41, 5.74) is 1.53. The van der Waals surface area contributed by atoms with Crippen molar-refractivity contribution in [2.24, 2.45) is 16.0 Å². The molecule has 1 aromatic rings. The Balaban J connectivity index is 2.31. The van der Waals surface area contributed by atoms with Crippen molar-refractivity contribution >= 4 is 17.8 Å². The largest absolute Gasteiger partial charge is 0.478 e. The minimum absolute atomic E-state index is 0.112. The molecule has 1 aliphatic rings. The van der Waals surface area contributed by atoms with Crippen LogP contribution in [0.2, 0.25) is 0 Å². The van der Waals surface area contributed by atoms with Crippen LogP contribution in [0, 0.1) is 16.6 Å². The number of rotatable bonds is 4. The van der Waals surface area contributed by atoms with Crippen LogP contribution < -0.4 is 0 Å². The molecule has 0 heterocycles. The highest BCUT2D eigenvalue weighted by molar-refractivity contribution is 6.12. The minimum Gasteiger partial charge on any atom is -0.478 e. The van der Waals surface area contributed by atoms with E-state index in [2.05, 4.69) is 45.0 Å². The molecule has 0 bridgehead atoms. The molecule has 0 fully saturated rings. The van der Waals surface area contributed by atoms with Crippen molar-refractivity contribution in [2.75, 3.05) is 0 Å². The van der Waals surface area contributed by atoms with Crippen LogP contribution in [0.4, 0.5) is 4.39 Å². The lowest BCUT2D eigenvalue weighted by atomic mass is 9.75. The van der Waals surface area contributed by atoms with Crippen molar-refractivity contribution in [3.8, 4) is 0 Å². The lowest BCUT2D eigenvalue weighted by molar-refractivity contribution is 0.0696. The third-order valence-electron chi connectivity index (χ3n) is 5.39. The number of carboxylic acids is 1. The van der Waals surface area contributed by atoms with Gasteiger partial charge in [0.2, 0.25) is 0 Å². The van der Waals surface area contributed by atoms with Crippen LogP contribution in [0.25, 0.3) is 6.08 Å². The summed E-state index contributed by atoms with van der Waals surface area (Å²) in [6.07, 6.45) is 13.1. The van der Waals surface area contributed by atoms with E-state index in [1.54, 1.807) is 6.08 Å². The third-order valence-corrected chi connectivity index (χ3v) is 5.39. The van der Waals surface area contributed by atoms with Gasteiger partial charge in [0, 0.05) is 5.56 Å². The van der Waals surface area contributed by atoms with E-state index in [9.17, 15) is 14.4 Å². The van der Waals surface area contributed by atoms with Crippen LogP contribution in [0.1, 0.15) is 69.3 Å². The molecule has 1 aliphatic carbocycles. The molecule has 29 heavy (non-hydrogen) atoms. The first-order chi connectivity index (χ1) is 13.5. The molecule has 0 spiro atoms. The fraction of sp³-hybridized carbons (Fsp3) is 0.417. The topological polar surface area (TPSA) is 69.9 Å². The maximum Gasteiger partial charge on any atom is 0.335 e. The SMILES string of the molecule is CC1(C)C\C=C/C(C(/C=C/c2ccc(C(=O)O)cc2F)=N\O)=C\CC(C)(C)CC1. The van der Waals surface area contributed by atoms with Crippen molar-refractivity contribution in [1.29, 1.82) is 0 Å². The molecule has 2 N–H and O–H groups in total. The van der Waals surface area contributed by atoms with Crippen LogP contribution >= 0.6 is 0 Å². The standard InChI is InChI=1S/C24H30FNO3/c1-23(2)12-5-6-18(11-13-24(3,4)15-14-23)21(26-29)10-9-17-7-8-19(22(27)28)16-20(17)25/h5-11,16,29H,12-15H2,1-4H3,(H,27,28)/b6-5-,10-9+,18-11+,26-21-. The van der Waals surface area contributed by atoms with E-state index in [-0.39, 0.29) is 22.0 Å². The van der Waals surface area contributed by atoms with Gasteiger partial charge in [0.15, 0.2) is 0 Å². The second-order valence-corrected chi connectivity index (χ2v) is 9.16. The predicted molar refractivity (Wildman–Crippen MR) is 115 cm³/mol. The maximum atomic E-state index is 14.2. The van der Waals surface area contributed by atoms with Gasteiger partial charge in [0.25, 0.3) is 0 Å². The molecule has 2 rings (SSSR count). The number of allylic oxidation sites excluding steroid dienone is 5. The van der Waals surface area contributed by atoms with E-state index in [1.165, 1.54) is 18.2 Å². The molecule has 0 aromatic heterocycles. The van der Waals surface area contributed by atoms with E-state index < -0.39 is 11.8 Å². The van der Waals surface area contributed by atoms with Crippen LogP contribution in [0.3, 0.4) is 0 Å². The lowest BCUT2D eigenvalue weighted by Gasteiger charge is -2.31. The number of nitrogens with zero attached hydrogens (tertiary/aromatic N) is 1. The Morgan fingerprint density at radius 2 is 1.79 bits per heavy atom. The molecule has 4 nitrogen and oxygen atoms in total. The first-order valence-electron chi connectivity index (χ1n) is 9.83. The van der Waals surface area contributed by atoms with E-state index in [0.717, 1.165) is 37.3 Å². The Kier molecular flexibility index (Phi) is 7.17. The van der Waals surface area contributed by atoms with Crippen LogP contribution in [0.15, 0.2) is 53.2 Å². The highest BCUT2D eigenvalue weighted by Gasteiger charge is 2.24. The Hall–Kier alpha value is -2.69. The zero-order chi connectivity index (χ0) is 21.7. The van der Waals surface area contributed by atoms with Gasteiger partial charge in [-0.3, -0.25) is 0 Å². The van der Waals surface area contributed by atoms with E-state index >= 15 is 0 Å².